The maximum Gasteiger partial charge on any atom is 0.123 e. The predicted octanol–water partition coefficient (Wildman–Crippen LogP) is 3.12. The molecule has 1 saturated carbocycles. The first-order chi connectivity index (χ1) is 9.63. The van der Waals surface area contributed by atoms with Crippen LogP contribution in [0.3, 0.4) is 0 Å². The van der Waals surface area contributed by atoms with E-state index in [0.717, 1.165) is 24.5 Å². The minimum atomic E-state index is 0.0250. The molecule has 1 fully saturated rings. The van der Waals surface area contributed by atoms with Crippen LogP contribution in [0, 0.1) is 5.92 Å². The van der Waals surface area contributed by atoms with Crippen LogP contribution in [0.25, 0.3) is 0 Å². The molecule has 2 atom stereocenters. The summed E-state index contributed by atoms with van der Waals surface area (Å²) in [5.74, 6) is 2.63. The Kier molecular flexibility index (Phi) is 3.63. The van der Waals surface area contributed by atoms with Crippen LogP contribution in [0.5, 0.6) is 11.5 Å². The summed E-state index contributed by atoms with van der Waals surface area (Å²) in [4.78, 5) is 2.30. The topological polar surface area (TPSA) is 21.7 Å². The number of hydrogen-bond acceptors (Lipinski definition) is 3. The zero-order chi connectivity index (χ0) is 14.2. The van der Waals surface area contributed by atoms with Crippen molar-refractivity contribution >= 4 is 0 Å². The van der Waals surface area contributed by atoms with E-state index in [0.29, 0.717) is 5.92 Å². The Balaban J connectivity index is 1.86. The van der Waals surface area contributed by atoms with Gasteiger partial charge in [0.25, 0.3) is 0 Å². The van der Waals surface area contributed by atoms with Gasteiger partial charge >= 0.3 is 0 Å². The van der Waals surface area contributed by atoms with Crippen LogP contribution in [-0.2, 0) is 6.42 Å². The molecule has 0 aromatic heterocycles. The normalized spacial score (nSPS) is 28.5. The fourth-order valence-electron chi connectivity index (χ4n) is 3.85. The summed E-state index contributed by atoms with van der Waals surface area (Å²) in [5.41, 5.74) is 1.34. The summed E-state index contributed by atoms with van der Waals surface area (Å²) in [5, 5.41) is 0. The lowest BCUT2D eigenvalue weighted by atomic mass is 9.73. The Bertz CT molecular complexity index is 486. The van der Waals surface area contributed by atoms with Gasteiger partial charge in [-0.25, -0.2) is 0 Å². The summed E-state index contributed by atoms with van der Waals surface area (Å²) in [6, 6.07) is 6.22. The van der Waals surface area contributed by atoms with Gasteiger partial charge in [0.2, 0.25) is 0 Å². The Hall–Kier alpha value is -1.22. The molecule has 3 rings (SSSR count). The monoisotopic (exact) mass is 275 g/mol. The smallest absolute Gasteiger partial charge is 0.123 e. The third-order valence-electron chi connectivity index (χ3n) is 4.80. The minimum absolute atomic E-state index is 0.0250. The van der Waals surface area contributed by atoms with Crippen molar-refractivity contribution in [3.8, 4) is 11.5 Å². The first-order valence-electron chi connectivity index (χ1n) is 7.64. The van der Waals surface area contributed by atoms with Crippen molar-refractivity contribution in [3.63, 3.8) is 0 Å². The third-order valence-corrected chi connectivity index (χ3v) is 4.80. The van der Waals surface area contributed by atoms with E-state index in [-0.39, 0.29) is 5.60 Å². The minimum Gasteiger partial charge on any atom is -0.497 e. The standard InChI is InChI=1S/C17H25NO2/c1-18(2)12-14-6-4-5-9-17(14)11-13-10-15(19-3)7-8-16(13)20-17/h7-8,10,14H,4-6,9,11-12H2,1-3H3. The Labute approximate surface area is 121 Å². The highest BCUT2D eigenvalue weighted by atomic mass is 16.5. The molecule has 0 saturated heterocycles. The zero-order valence-corrected chi connectivity index (χ0v) is 12.8. The molecule has 1 aromatic rings. The van der Waals surface area contributed by atoms with E-state index in [2.05, 4.69) is 31.1 Å². The average molecular weight is 275 g/mol. The van der Waals surface area contributed by atoms with Gasteiger partial charge in [-0.15, -0.1) is 0 Å². The largest absolute Gasteiger partial charge is 0.497 e. The van der Waals surface area contributed by atoms with E-state index in [9.17, 15) is 0 Å². The SMILES string of the molecule is COc1ccc2c(c1)CC1(CCCCC1CN(C)C)O2. The van der Waals surface area contributed by atoms with Crippen LogP contribution in [-0.4, -0.2) is 38.3 Å². The lowest BCUT2D eigenvalue weighted by Crippen LogP contribution is -2.48. The van der Waals surface area contributed by atoms with Crippen molar-refractivity contribution in [1.29, 1.82) is 0 Å². The van der Waals surface area contributed by atoms with Crippen molar-refractivity contribution < 1.29 is 9.47 Å². The van der Waals surface area contributed by atoms with E-state index < -0.39 is 0 Å². The van der Waals surface area contributed by atoms with Gasteiger partial charge in [-0.2, -0.15) is 0 Å². The molecule has 2 aliphatic rings. The molecule has 0 radical (unpaired) electrons. The summed E-state index contributed by atoms with van der Waals surface area (Å²) in [7, 11) is 6.05. The molecule has 0 N–H and O–H groups in total. The Morgan fingerprint density at radius 1 is 1.35 bits per heavy atom. The lowest BCUT2D eigenvalue weighted by molar-refractivity contribution is -0.0150. The van der Waals surface area contributed by atoms with Crippen molar-refractivity contribution in [1.82, 2.24) is 4.90 Å². The molecular weight excluding hydrogens is 250 g/mol. The van der Waals surface area contributed by atoms with Gasteiger partial charge in [-0.3, -0.25) is 0 Å². The zero-order valence-electron chi connectivity index (χ0n) is 12.8. The van der Waals surface area contributed by atoms with Crippen LogP contribution in [0.4, 0.5) is 0 Å². The van der Waals surface area contributed by atoms with Gasteiger partial charge < -0.3 is 14.4 Å². The maximum atomic E-state index is 6.47. The molecule has 1 aromatic carbocycles. The van der Waals surface area contributed by atoms with Crippen molar-refractivity contribution in [3.05, 3.63) is 23.8 Å². The molecule has 2 unspecified atom stereocenters. The Morgan fingerprint density at radius 3 is 2.95 bits per heavy atom. The number of hydrogen-bond donors (Lipinski definition) is 0. The molecular formula is C17H25NO2. The number of ether oxygens (including phenoxy) is 2. The molecule has 0 amide bonds. The second-order valence-electron chi connectivity index (χ2n) is 6.52. The van der Waals surface area contributed by atoms with Gasteiger partial charge in [0.05, 0.1) is 7.11 Å². The van der Waals surface area contributed by atoms with Crippen LogP contribution in [0.1, 0.15) is 31.2 Å². The molecule has 3 heteroatoms. The molecule has 3 nitrogen and oxygen atoms in total. The highest BCUT2D eigenvalue weighted by molar-refractivity contribution is 5.45. The quantitative estimate of drug-likeness (QED) is 0.846. The van der Waals surface area contributed by atoms with Crippen molar-refractivity contribution in [2.45, 2.75) is 37.7 Å². The maximum absolute atomic E-state index is 6.47. The predicted molar refractivity (Wildman–Crippen MR) is 80.6 cm³/mol. The lowest BCUT2D eigenvalue weighted by Gasteiger charge is -2.41. The van der Waals surface area contributed by atoms with E-state index >= 15 is 0 Å². The van der Waals surface area contributed by atoms with Gasteiger partial charge in [-0.1, -0.05) is 6.42 Å². The van der Waals surface area contributed by atoms with Gasteiger partial charge in [0.1, 0.15) is 17.1 Å². The van der Waals surface area contributed by atoms with Gasteiger partial charge in [-0.05, 0) is 51.6 Å². The summed E-state index contributed by atoms with van der Waals surface area (Å²) >= 11 is 0. The van der Waals surface area contributed by atoms with E-state index in [4.69, 9.17) is 9.47 Å². The number of benzene rings is 1. The molecule has 0 bridgehead atoms. The highest BCUT2D eigenvalue weighted by Crippen LogP contribution is 2.47. The molecule has 110 valence electrons. The molecule has 1 heterocycles. The van der Waals surface area contributed by atoms with Crippen LogP contribution in [0.2, 0.25) is 0 Å². The second kappa shape index (κ2) is 5.28. The number of fused-ring (bicyclic) bond motifs is 1. The van der Waals surface area contributed by atoms with E-state index in [1.54, 1.807) is 7.11 Å². The molecule has 20 heavy (non-hydrogen) atoms. The number of rotatable bonds is 3. The van der Waals surface area contributed by atoms with Crippen LogP contribution < -0.4 is 9.47 Å². The average Bonchev–Trinajstić information content (AvgIpc) is 2.78. The molecule has 1 aliphatic carbocycles. The van der Waals surface area contributed by atoms with Crippen molar-refractivity contribution in [2.75, 3.05) is 27.7 Å². The third kappa shape index (κ3) is 2.39. The van der Waals surface area contributed by atoms with Crippen LogP contribution >= 0.6 is 0 Å². The fourth-order valence-corrected chi connectivity index (χ4v) is 3.85. The summed E-state index contributed by atoms with van der Waals surface area (Å²) < 4.78 is 11.8. The second-order valence-corrected chi connectivity index (χ2v) is 6.52. The fraction of sp³-hybridized carbons (Fsp3) is 0.647. The first kappa shape index (κ1) is 13.7. The molecule has 1 aliphatic heterocycles. The summed E-state index contributed by atoms with van der Waals surface area (Å²) in [6.45, 7) is 1.12. The van der Waals surface area contributed by atoms with E-state index in [1.165, 1.54) is 31.2 Å². The van der Waals surface area contributed by atoms with Gasteiger partial charge in [0, 0.05) is 24.4 Å². The van der Waals surface area contributed by atoms with Crippen molar-refractivity contribution in [2.24, 2.45) is 5.92 Å². The van der Waals surface area contributed by atoms with Gasteiger partial charge in [0.15, 0.2) is 0 Å². The highest BCUT2D eigenvalue weighted by Gasteiger charge is 2.47. The number of nitrogens with zero attached hydrogens (tertiary/aromatic N) is 1. The molecule has 1 spiro atoms. The van der Waals surface area contributed by atoms with Crippen LogP contribution in [0.15, 0.2) is 18.2 Å². The number of methoxy groups -OCH3 is 1. The Morgan fingerprint density at radius 2 is 2.20 bits per heavy atom. The first-order valence-corrected chi connectivity index (χ1v) is 7.64. The summed E-state index contributed by atoms with van der Waals surface area (Å²) in [6.07, 6.45) is 6.13. The van der Waals surface area contributed by atoms with E-state index in [1.807, 2.05) is 6.07 Å².